The minimum Gasteiger partial charge on any atom is -0.354 e. The van der Waals surface area contributed by atoms with Crippen molar-refractivity contribution in [1.29, 1.82) is 0 Å². The fraction of sp³-hybridized carbons (Fsp3) is 0.656. The van der Waals surface area contributed by atoms with Gasteiger partial charge in [-0.05, 0) is 87.6 Å². The molecule has 1 aromatic rings. The number of likely N-dealkylation sites (tertiary alicyclic amines) is 2. The zero-order valence-electron chi connectivity index (χ0n) is 25.2. The van der Waals surface area contributed by atoms with Crippen molar-refractivity contribution in [2.45, 2.75) is 75.5 Å². The smallest absolute Gasteiger partial charge is 0.254 e. The molecule has 1 aromatic carbocycles. The minimum absolute atomic E-state index is 0.0655. The number of carbonyl (C=O) groups excluding carboxylic acids is 5. The fourth-order valence-electron chi connectivity index (χ4n) is 8.08. The highest BCUT2D eigenvalue weighted by molar-refractivity contribution is 5.98. The van der Waals surface area contributed by atoms with E-state index in [1.54, 1.807) is 4.90 Å². The van der Waals surface area contributed by atoms with Crippen LogP contribution in [0.15, 0.2) is 24.3 Å². The molecule has 11 nitrogen and oxygen atoms in total. The fourth-order valence-corrected chi connectivity index (χ4v) is 8.08. The first kappa shape index (κ1) is 30.5. The van der Waals surface area contributed by atoms with Crippen LogP contribution in [0.3, 0.4) is 0 Å². The quantitative estimate of drug-likeness (QED) is 0.482. The Hall–Kier alpha value is -3.54. The van der Waals surface area contributed by atoms with Crippen molar-refractivity contribution in [3.8, 4) is 0 Å². The zero-order valence-corrected chi connectivity index (χ0v) is 25.2. The van der Waals surface area contributed by atoms with Gasteiger partial charge in [0.05, 0.1) is 6.04 Å². The lowest BCUT2D eigenvalue weighted by atomic mass is 9.80. The molecule has 0 radical (unpaired) electrons. The number of amides is 5. The second-order valence-corrected chi connectivity index (χ2v) is 13.1. The van der Waals surface area contributed by atoms with Gasteiger partial charge in [-0.1, -0.05) is 0 Å². The van der Waals surface area contributed by atoms with E-state index in [9.17, 15) is 28.4 Å². The Bertz CT molecular complexity index is 1250. The first-order valence-electron chi connectivity index (χ1n) is 16.2. The van der Waals surface area contributed by atoms with E-state index in [2.05, 4.69) is 15.5 Å². The van der Waals surface area contributed by atoms with Gasteiger partial charge in [-0.3, -0.25) is 28.9 Å². The van der Waals surface area contributed by atoms with E-state index < -0.39 is 17.9 Å². The molecule has 0 saturated carbocycles. The van der Waals surface area contributed by atoms with Gasteiger partial charge in [0.25, 0.3) is 5.91 Å². The van der Waals surface area contributed by atoms with E-state index in [4.69, 9.17) is 0 Å². The summed E-state index contributed by atoms with van der Waals surface area (Å²) in [4.78, 5) is 73.2. The van der Waals surface area contributed by atoms with Crippen LogP contribution in [-0.4, -0.2) is 120 Å². The van der Waals surface area contributed by atoms with E-state index in [1.807, 2.05) is 4.90 Å². The van der Waals surface area contributed by atoms with Gasteiger partial charge >= 0.3 is 0 Å². The van der Waals surface area contributed by atoms with Crippen molar-refractivity contribution < 1.29 is 28.4 Å². The van der Waals surface area contributed by atoms with E-state index >= 15 is 0 Å². The number of nitrogens with zero attached hydrogens (tertiary/aromatic N) is 4. The summed E-state index contributed by atoms with van der Waals surface area (Å²) in [7, 11) is 0. The normalized spacial score (nSPS) is 32.2. The van der Waals surface area contributed by atoms with Crippen molar-refractivity contribution in [3.63, 3.8) is 0 Å². The average Bonchev–Trinajstić information content (AvgIpc) is 3.69. The monoisotopic (exact) mass is 610 g/mol. The molecule has 6 saturated heterocycles. The summed E-state index contributed by atoms with van der Waals surface area (Å²) >= 11 is 0. The molecule has 44 heavy (non-hydrogen) atoms. The van der Waals surface area contributed by atoms with Crippen LogP contribution in [0.25, 0.3) is 0 Å². The van der Waals surface area contributed by atoms with Gasteiger partial charge in [0.15, 0.2) is 0 Å². The molecule has 0 aliphatic carbocycles. The van der Waals surface area contributed by atoms with Crippen LogP contribution in [0, 0.1) is 17.7 Å². The van der Waals surface area contributed by atoms with E-state index in [1.165, 1.54) is 29.2 Å². The lowest BCUT2D eigenvalue weighted by molar-refractivity contribution is -0.136. The van der Waals surface area contributed by atoms with Crippen LogP contribution in [0.4, 0.5) is 4.39 Å². The second kappa shape index (κ2) is 13.2. The zero-order chi connectivity index (χ0) is 30.8. The third kappa shape index (κ3) is 6.45. The van der Waals surface area contributed by atoms with Gasteiger partial charge in [0.2, 0.25) is 24.1 Å². The van der Waals surface area contributed by atoms with Crippen molar-refractivity contribution in [3.05, 3.63) is 35.6 Å². The lowest BCUT2D eigenvalue weighted by Gasteiger charge is -2.41. The largest absolute Gasteiger partial charge is 0.354 e. The Kier molecular flexibility index (Phi) is 9.16. The van der Waals surface area contributed by atoms with E-state index in [0.29, 0.717) is 45.6 Å². The van der Waals surface area contributed by atoms with E-state index in [0.717, 1.165) is 45.1 Å². The summed E-state index contributed by atoms with van der Waals surface area (Å²) in [5.41, 5.74) is 0.280. The maximum absolute atomic E-state index is 13.6. The Labute approximate surface area is 257 Å². The summed E-state index contributed by atoms with van der Waals surface area (Å²) in [6.07, 6.45) is 6.23. The number of rotatable bonds is 2. The summed E-state index contributed by atoms with van der Waals surface area (Å²) in [5.74, 6) is -0.901. The molecule has 0 spiro atoms. The SMILES string of the molecule is O=CN1CC[C@H]2CC(=O)N3CCC(CC3)N3CCC[C@H]3C(=O)N[C@H]3C[C@@H](C(=O)NCC[C@H]2C1)N(C(=O)c1ccc(F)cc1)C3. The Morgan fingerprint density at radius 1 is 0.864 bits per heavy atom. The van der Waals surface area contributed by atoms with Crippen LogP contribution >= 0.6 is 0 Å². The number of benzene rings is 1. The molecule has 238 valence electrons. The maximum atomic E-state index is 13.6. The van der Waals surface area contributed by atoms with Gasteiger partial charge in [0.1, 0.15) is 11.9 Å². The van der Waals surface area contributed by atoms with Crippen LogP contribution in [-0.2, 0) is 19.2 Å². The molecule has 5 amide bonds. The van der Waals surface area contributed by atoms with Crippen LogP contribution < -0.4 is 10.6 Å². The molecule has 6 aliphatic rings. The summed E-state index contributed by atoms with van der Waals surface area (Å²) in [6.45, 7) is 3.87. The van der Waals surface area contributed by atoms with Crippen molar-refractivity contribution in [2.75, 3.05) is 45.8 Å². The first-order chi connectivity index (χ1) is 21.3. The van der Waals surface area contributed by atoms with E-state index in [-0.39, 0.29) is 66.1 Å². The summed E-state index contributed by atoms with van der Waals surface area (Å²) in [5, 5.41) is 6.16. The Balaban J connectivity index is 1.24. The highest BCUT2D eigenvalue weighted by atomic mass is 19.1. The molecular formula is C32H43FN6O5. The highest BCUT2D eigenvalue weighted by Crippen LogP contribution is 2.32. The molecule has 0 unspecified atom stereocenters. The molecule has 0 aromatic heterocycles. The molecule has 6 heterocycles. The minimum atomic E-state index is -0.793. The number of halogens is 1. The molecule has 12 heteroatoms. The van der Waals surface area contributed by atoms with Crippen LogP contribution in [0.1, 0.15) is 61.7 Å². The average molecular weight is 611 g/mol. The molecule has 6 fully saturated rings. The Morgan fingerprint density at radius 2 is 1.64 bits per heavy atom. The van der Waals surface area contributed by atoms with Crippen molar-refractivity contribution >= 4 is 30.0 Å². The number of hydrogen-bond donors (Lipinski definition) is 2. The topological polar surface area (TPSA) is 122 Å². The molecule has 6 aliphatic heterocycles. The third-order valence-electron chi connectivity index (χ3n) is 10.5. The second-order valence-electron chi connectivity index (χ2n) is 13.1. The van der Waals surface area contributed by atoms with Gasteiger partial charge in [-0.2, -0.15) is 0 Å². The number of hydrogen-bond acceptors (Lipinski definition) is 6. The predicted octanol–water partition coefficient (Wildman–Crippen LogP) is 0.985. The van der Waals surface area contributed by atoms with Gasteiger partial charge in [-0.25, -0.2) is 4.39 Å². The van der Waals surface area contributed by atoms with Crippen molar-refractivity contribution in [1.82, 2.24) is 30.2 Å². The molecule has 7 rings (SSSR count). The standard InChI is InChI=1S/C32H43FN6O5/c33-24-5-3-21(4-6-24)32(44)39-19-25-17-28(39)30(42)34-11-7-23-18-36(20-40)13-8-22(23)16-29(41)37-14-9-26(10-15-37)38-12-1-2-27(38)31(43)35-25/h3-6,20,22-23,25-28H,1-2,7-19H2,(H,34,42)(H,35,43)/t22-,23-,25-,27-,28-/m0/s1. The summed E-state index contributed by atoms with van der Waals surface area (Å²) < 4.78 is 13.6. The van der Waals surface area contributed by atoms with Gasteiger partial charge in [0, 0.05) is 63.3 Å². The lowest BCUT2D eigenvalue weighted by Crippen LogP contribution is -2.53. The molecular weight excluding hydrogens is 567 g/mol. The van der Waals surface area contributed by atoms with Gasteiger partial charge < -0.3 is 25.3 Å². The number of nitrogens with one attached hydrogen (secondary N) is 2. The maximum Gasteiger partial charge on any atom is 0.254 e. The number of fused-ring (bicyclic) bond motifs is 7. The first-order valence-corrected chi connectivity index (χ1v) is 16.2. The molecule has 2 N–H and O–H groups in total. The Morgan fingerprint density at radius 3 is 2.39 bits per heavy atom. The van der Waals surface area contributed by atoms with Crippen LogP contribution in [0.2, 0.25) is 0 Å². The van der Waals surface area contributed by atoms with Gasteiger partial charge in [-0.15, -0.1) is 0 Å². The summed E-state index contributed by atoms with van der Waals surface area (Å²) in [6, 6.07) is 4.03. The number of piperidine rings is 2. The molecule has 4 bridgehead atoms. The predicted molar refractivity (Wildman–Crippen MR) is 159 cm³/mol. The van der Waals surface area contributed by atoms with Crippen molar-refractivity contribution in [2.24, 2.45) is 11.8 Å². The van der Waals surface area contributed by atoms with Crippen LogP contribution in [0.5, 0.6) is 0 Å². The third-order valence-corrected chi connectivity index (χ3v) is 10.5. The number of carbonyl (C=O) groups is 5. The molecule has 5 atom stereocenters. The highest BCUT2D eigenvalue weighted by Gasteiger charge is 2.43.